The van der Waals surface area contributed by atoms with Crippen LogP contribution < -0.4 is 10.6 Å². The molecule has 0 radical (unpaired) electrons. The van der Waals surface area contributed by atoms with Crippen LogP contribution in [0.2, 0.25) is 0 Å². The standard InChI is InChI=1S/C16H19BrN2O3/c1-3-4-5-12-13(15(20)22-2)14(19-16(21)18-12)10-6-8-11(17)9-7-10/h6-9,14H,3-5H2,1-2H3,(H2,18,19,21). The molecule has 0 fully saturated rings. The molecule has 1 aromatic rings. The van der Waals surface area contributed by atoms with Crippen LogP contribution >= 0.6 is 15.9 Å². The van der Waals surface area contributed by atoms with Gasteiger partial charge in [0, 0.05) is 10.2 Å². The van der Waals surface area contributed by atoms with Gasteiger partial charge >= 0.3 is 12.0 Å². The Bertz CT molecular complexity index is 596. The number of benzene rings is 1. The number of halogens is 1. The smallest absolute Gasteiger partial charge is 0.337 e. The van der Waals surface area contributed by atoms with Gasteiger partial charge in [0.2, 0.25) is 0 Å². The number of methoxy groups -OCH3 is 1. The summed E-state index contributed by atoms with van der Waals surface area (Å²) in [6.45, 7) is 2.06. The fourth-order valence-electron chi connectivity index (χ4n) is 2.42. The van der Waals surface area contributed by atoms with E-state index in [2.05, 4.69) is 33.5 Å². The van der Waals surface area contributed by atoms with E-state index in [0.29, 0.717) is 17.7 Å². The van der Waals surface area contributed by atoms with Gasteiger partial charge in [-0.1, -0.05) is 41.4 Å². The molecule has 6 heteroatoms. The molecule has 2 N–H and O–H groups in total. The van der Waals surface area contributed by atoms with E-state index >= 15 is 0 Å². The van der Waals surface area contributed by atoms with Crippen molar-refractivity contribution in [3.63, 3.8) is 0 Å². The van der Waals surface area contributed by atoms with Gasteiger partial charge in [-0.25, -0.2) is 9.59 Å². The highest BCUT2D eigenvalue weighted by atomic mass is 79.9. The van der Waals surface area contributed by atoms with Crippen LogP contribution in [0.4, 0.5) is 4.79 Å². The molecule has 5 nitrogen and oxygen atoms in total. The van der Waals surface area contributed by atoms with Gasteiger partial charge < -0.3 is 15.4 Å². The Morgan fingerprint density at radius 3 is 2.59 bits per heavy atom. The number of esters is 1. The van der Waals surface area contributed by atoms with Crippen molar-refractivity contribution < 1.29 is 14.3 Å². The third kappa shape index (κ3) is 3.68. The van der Waals surface area contributed by atoms with Gasteiger partial charge in [0.25, 0.3) is 0 Å². The number of amides is 2. The number of ether oxygens (including phenoxy) is 1. The van der Waals surface area contributed by atoms with Crippen molar-refractivity contribution in [2.45, 2.75) is 32.2 Å². The predicted octanol–water partition coefficient (Wildman–Crippen LogP) is 3.42. The Hall–Kier alpha value is -1.82. The molecule has 0 spiro atoms. The van der Waals surface area contributed by atoms with Crippen LogP contribution in [0, 0.1) is 0 Å². The Kier molecular flexibility index (Phi) is 5.60. The SMILES string of the molecule is CCCCC1=C(C(=O)OC)C(c2ccc(Br)cc2)NC(=O)N1. The molecule has 22 heavy (non-hydrogen) atoms. The Balaban J connectivity index is 2.45. The van der Waals surface area contributed by atoms with E-state index in [9.17, 15) is 9.59 Å². The lowest BCUT2D eigenvalue weighted by Gasteiger charge is -2.29. The summed E-state index contributed by atoms with van der Waals surface area (Å²) in [7, 11) is 1.35. The van der Waals surface area contributed by atoms with Crippen molar-refractivity contribution in [3.8, 4) is 0 Å². The van der Waals surface area contributed by atoms with Gasteiger partial charge in [0.1, 0.15) is 0 Å². The minimum atomic E-state index is -0.499. The third-order valence-corrected chi connectivity index (χ3v) is 4.07. The average molecular weight is 367 g/mol. The Labute approximate surface area is 138 Å². The van der Waals surface area contributed by atoms with E-state index in [4.69, 9.17) is 4.74 Å². The van der Waals surface area contributed by atoms with Crippen LogP contribution in [0.1, 0.15) is 37.8 Å². The molecule has 0 aliphatic carbocycles. The summed E-state index contributed by atoms with van der Waals surface area (Å²) in [5, 5.41) is 5.55. The molecule has 2 amide bonds. The second kappa shape index (κ2) is 7.45. The van der Waals surface area contributed by atoms with Crippen LogP contribution in [0.3, 0.4) is 0 Å². The molecule has 1 aliphatic rings. The van der Waals surface area contributed by atoms with Crippen LogP contribution in [-0.4, -0.2) is 19.1 Å². The molecule has 118 valence electrons. The summed E-state index contributed by atoms with van der Waals surface area (Å²) in [4.78, 5) is 24.1. The summed E-state index contributed by atoms with van der Waals surface area (Å²) < 4.78 is 5.85. The monoisotopic (exact) mass is 366 g/mol. The number of hydrogen-bond donors (Lipinski definition) is 2. The lowest BCUT2D eigenvalue weighted by atomic mass is 9.93. The lowest BCUT2D eigenvalue weighted by Crippen LogP contribution is -2.45. The van der Waals surface area contributed by atoms with E-state index in [0.717, 1.165) is 22.9 Å². The van der Waals surface area contributed by atoms with Crippen LogP contribution in [0.5, 0.6) is 0 Å². The van der Waals surface area contributed by atoms with E-state index in [1.54, 1.807) is 0 Å². The van der Waals surface area contributed by atoms with E-state index in [-0.39, 0.29) is 6.03 Å². The van der Waals surface area contributed by atoms with E-state index in [1.165, 1.54) is 7.11 Å². The molecule has 2 rings (SSSR count). The van der Waals surface area contributed by atoms with E-state index in [1.807, 2.05) is 24.3 Å². The first-order chi connectivity index (χ1) is 10.6. The third-order valence-electron chi connectivity index (χ3n) is 3.54. The first-order valence-electron chi connectivity index (χ1n) is 7.21. The molecule has 1 unspecified atom stereocenters. The Morgan fingerprint density at radius 1 is 1.32 bits per heavy atom. The van der Waals surface area contributed by atoms with Crippen molar-refractivity contribution in [2.75, 3.05) is 7.11 Å². The highest BCUT2D eigenvalue weighted by Crippen LogP contribution is 2.30. The van der Waals surface area contributed by atoms with Crippen molar-refractivity contribution in [3.05, 3.63) is 45.6 Å². The topological polar surface area (TPSA) is 67.4 Å². The van der Waals surface area contributed by atoms with Crippen LogP contribution in [-0.2, 0) is 9.53 Å². The molecule has 0 aromatic heterocycles. The molecule has 0 bridgehead atoms. The molecular weight excluding hydrogens is 348 g/mol. The maximum atomic E-state index is 12.2. The number of urea groups is 1. The lowest BCUT2D eigenvalue weighted by molar-refractivity contribution is -0.136. The van der Waals surface area contributed by atoms with Gasteiger partial charge in [-0.05, 0) is 30.5 Å². The maximum absolute atomic E-state index is 12.2. The summed E-state index contributed by atoms with van der Waals surface area (Å²) in [6, 6.07) is 6.71. The van der Waals surface area contributed by atoms with Crippen molar-refractivity contribution in [2.24, 2.45) is 0 Å². The largest absolute Gasteiger partial charge is 0.466 e. The normalized spacial score (nSPS) is 17.8. The number of unbranched alkanes of at least 4 members (excludes halogenated alkanes) is 1. The zero-order chi connectivity index (χ0) is 16.1. The molecule has 0 saturated carbocycles. The van der Waals surface area contributed by atoms with E-state index < -0.39 is 12.0 Å². The highest BCUT2D eigenvalue weighted by Gasteiger charge is 2.32. The predicted molar refractivity (Wildman–Crippen MR) is 87.1 cm³/mol. The van der Waals surface area contributed by atoms with Crippen molar-refractivity contribution in [1.82, 2.24) is 10.6 Å². The fourth-order valence-corrected chi connectivity index (χ4v) is 2.69. The summed E-state index contributed by atoms with van der Waals surface area (Å²) in [5.41, 5.74) is 1.95. The maximum Gasteiger partial charge on any atom is 0.337 e. The van der Waals surface area contributed by atoms with Crippen LogP contribution in [0.25, 0.3) is 0 Å². The van der Waals surface area contributed by atoms with Gasteiger partial charge in [0.05, 0.1) is 18.7 Å². The highest BCUT2D eigenvalue weighted by molar-refractivity contribution is 9.10. The quantitative estimate of drug-likeness (QED) is 0.784. The summed E-state index contributed by atoms with van der Waals surface area (Å²) in [5.74, 6) is -0.425. The first kappa shape index (κ1) is 16.5. The second-order valence-electron chi connectivity index (χ2n) is 5.07. The Morgan fingerprint density at radius 2 is 2.00 bits per heavy atom. The summed E-state index contributed by atoms with van der Waals surface area (Å²) >= 11 is 3.38. The molecule has 0 saturated heterocycles. The molecular formula is C16H19BrN2O3. The number of carbonyl (C=O) groups is 2. The van der Waals surface area contributed by atoms with Gasteiger partial charge in [-0.15, -0.1) is 0 Å². The zero-order valence-electron chi connectivity index (χ0n) is 12.6. The minimum Gasteiger partial charge on any atom is -0.466 e. The van der Waals surface area contributed by atoms with Crippen LogP contribution in [0.15, 0.2) is 40.0 Å². The van der Waals surface area contributed by atoms with Gasteiger partial charge in [-0.3, -0.25) is 0 Å². The zero-order valence-corrected chi connectivity index (χ0v) is 14.2. The average Bonchev–Trinajstić information content (AvgIpc) is 2.52. The van der Waals surface area contributed by atoms with Crippen molar-refractivity contribution in [1.29, 1.82) is 0 Å². The van der Waals surface area contributed by atoms with Gasteiger partial charge in [-0.2, -0.15) is 0 Å². The van der Waals surface area contributed by atoms with Crippen molar-refractivity contribution >= 4 is 27.9 Å². The fraction of sp³-hybridized carbons (Fsp3) is 0.375. The minimum absolute atomic E-state index is 0.299. The number of rotatable bonds is 5. The molecule has 1 atom stereocenters. The molecule has 1 aromatic carbocycles. The first-order valence-corrected chi connectivity index (χ1v) is 8.00. The number of allylic oxidation sites excluding steroid dienone is 1. The number of nitrogens with one attached hydrogen (secondary N) is 2. The van der Waals surface area contributed by atoms with Gasteiger partial charge in [0.15, 0.2) is 0 Å². The second-order valence-corrected chi connectivity index (χ2v) is 5.99. The number of hydrogen-bond acceptors (Lipinski definition) is 3. The number of carbonyl (C=O) groups excluding carboxylic acids is 2. The molecule has 1 aliphatic heterocycles. The molecule has 1 heterocycles. The summed E-state index contributed by atoms with van der Waals surface area (Å²) in [6.07, 6.45) is 2.51.